The molecule has 1 saturated carbocycles. The Morgan fingerprint density at radius 2 is 1.72 bits per heavy atom. The number of aryl methyl sites for hydroxylation is 1. The minimum absolute atomic E-state index is 0.0410. The van der Waals surface area contributed by atoms with Gasteiger partial charge in [-0.2, -0.15) is 4.98 Å². The highest BCUT2D eigenvalue weighted by Gasteiger charge is 2.36. The van der Waals surface area contributed by atoms with Crippen LogP contribution in [0, 0.1) is 12.8 Å². The molecule has 1 amide bonds. The first-order valence-corrected chi connectivity index (χ1v) is 12.8. The topological polar surface area (TPSA) is 134 Å². The van der Waals surface area contributed by atoms with Crippen LogP contribution in [0.3, 0.4) is 0 Å². The lowest BCUT2D eigenvalue weighted by molar-refractivity contribution is -0.132. The monoisotopic (exact) mass is 493 g/mol. The number of hydrogen-bond acceptors (Lipinski definition) is 8. The van der Waals surface area contributed by atoms with Crippen molar-refractivity contribution in [3.63, 3.8) is 0 Å². The zero-order valence-corrected chi connectivity index (χ0v) is 21.1. The van der Waals surface area contributed by atoms with Gasteiger partial charge in [-0.25, -0.2) is 9.98 Å². The fourth-order valence-corrected chi connectivity index (χ4v) is 5.65. The lowest BCUT2D eigenvalue weighted by atomic mass is 9.77. The third-order valence-corrected chi connectivity index (χ3v) is 7.71. The number of β-amino-alcohol motifs (C(OH)–C–C–N with tert-alkyl or cyclic N) is 2. The molecule has 1 aromatic carbocycles. The number of anilines is 1. The molecule has 1 aliphatic carbocycles. The van der Waals surface area contributed by atoms with E-state index in [2.05, 4.69) is 34.2 Å². The van der Waals surface area contributed by atoms with Crippen molar-refractivity contribution >= 4 is 23.1 Å². The molecule has 36 heavy (non-hydrogen) atoms. The van der Waals surface area contributed by atoms with Crippen LogP contribution < -0.4 is 10.5 Å². The lowest BCUT2D eigenvalue weighted by Crippen LogP contribution is -2.41. The first-order chi connectivity index (χ1) is 17.1. The normalized spacial score (nSPS) is 27.2. The summed E-state index contributed by atoms with van der Waals surface area (Å²) in [5, 5.41) is 19.4. The summed E-state index contributed by atoms with van der Waals surface area (Å²) in [6.07, 6.45) is 2.92. The number of ether oxygens (including phenoxy) is 1. The molecule has 3 aliphatic rings. The van der Waals surface area contributed by atoms with E-state index in [1.54, 1.807) is 11.8 Å². The quantitative estimate of drug-likeness (QED) is 0.596. The second-order valence-corrected chi connectivity index (χ2v) is 10.9. The van der Waals surface area contributed by atoms with Gasteiger partial charge in [-0.05, 0) is 63.9 Å². The molecule has 1 aromatic heterocycles. The third kappa shape index (κ3) is 4.82. The van der Waals surface area contributed by atoms with Crippen molar-refractivity contribution in [3.8, 4) is 5.88 Å². The van der Waals surface area contributed by atoms with Gasteiger partial charge in [-0.1, -0.05) is 24.3 Å². The number of nitrogen functional groups attached to an aromatic ring is 1. The molecule has 0 radical (unpaired) electrons. The molecule has 2 unspecified atom stereocenters. The van der Waals surface area contributed by atoms with Gasteiger partial charge < -0.3 is 25.6 Å². The van der Waals surface area contributed by atoms with Gasteiger partial charge in [0.1, 0.15) is 11.4 Å². The number of aliphatic hydroxyl groups is 2. The minimum atomic E-state index is -0.825. The van der Waals surface area contributed by atoms with Crippen LogP contribution in [-0.2, 0) is 4.79 Å². The average molecular weight is 494 g/mol. The molecule has 9 heteroatoms. The fraction of sp³-hybridized carbons (Fsp3) is 0.556. The van der Waals surface area contributed by atoms with E-state index in [0.29, 0.717) is 41.5 Å². The Morgan fingerprint density at radius 3 is 2.36 bits per heavy atom. The number of amides is 1. The number of nitrogens with zero attached hydrogens (tertiary/aromatic N) is 4. The van der Waals surface area contributed by atoms with E-state index in [0.717, 1.165) is 37.0 Å². The first kappa shape index (κ1) is 24.6. The molecular formula is C27H35N5O4. The van der Waals surface area contributed by atoms with Gasteiger partial charge in [-0.15, -0.1) is 0 Å². The second-order valence-electron chi connectivity index (χ2n) is 10.9. The number of hydrogen-bond donors (Lipinski definition) is 3. The van der Waals surface area contributed by atoms with Crippen molar-refractivity contribution in [2.45, 2.75) is 76.6 Å². The number of aliphatic imine (C=N–C) groups is 1. The number of carbonyl (C=O) groups excluding carboxylic acids is 1. The fourth-order valence-electron chi connectivity index (χ4n) is 5.65. The Morgan fingerprint density at radius 1 is 1.08 bits per heavy atom. The first-order valence-electron chi connectivity index (χ1n) is 12.8. The van der Waals surface area contributed by atoms with Crippen LogP contribution in [0.4, 0.5) is 11.5 Å². The van der Waals surface area contributed by atoms with E-state index in [-0.39, 0.29) is 19.0 Å². The van der Waals surface area contributed by atoms with Gasteiger partial charge >= 0.3 is 0 Å². The van der Waals surface area contributed by atoms with Crippen molar-refractivity contribution in [1.29, 1.82) is 0 Å². The molecule has 4 N–H and O–H groups in total. The highest BCUT2D eigenvalue weighted by molar-refractivity contribution is 6.09. The van der Waals surface area contributed by atoms with Crippen molar-refractivity contribution in [2.24, 2.45) is 10.9 Å². The van der Waals surface area contributed by atoms with Crippen LogP contribution in [0.25, 0.3) is 0 Å². The molecule has 5 rings (SSSR count). The van der Waals surface area contributed by atoms with E-state index in [1.807, 2.05) is 13.8 Å². The van der Waals surface area contributed by atoms with E-state index < -0.39 is 17.8 Å². The van der Waals surface area contributed by atoms with Crippen molar-refractivity contribution in [3.05, 3.63) is 41.2 Å². The number of fused-ring (bicyclic) bond motifs is 1. The van der Waals surface area contributed by atoms with Gasteiger partial charge in [-0.3, -0.25) is 4.79 Å². The molecule has 2 aromatic rings. The van der Waals surface area contributed by atoms with Crippen LogP contribution >= 0.6 is 0 Å². The molecule has 0 bridgehead atoms. The van der Waals surface area contributed by atoms with Crippen LogP contribution in [-0.4, -0.2) is 67.6 Å². The number of aliphatic hydroxyl groups excluding tert-OH is 2. The van der Waals surface area contributed by atoms with Gasteiger partial charge in [0, 0.05) is 25.1 Å². The number of aromatic nitrogens is 2. The molecule has 2 atom stereocenters. The molecule has 2 fully saturated rings. The predicted octanol–water partition coefficient (Wildman–Crippen LogP) is 2.89. The lowest BCUT2D eigenvalue weighted by Gasteiger charge is -2.32. The smallest absolute Gasteiger partial charge is 0.246 e. The molecule has 2 aliphatic heterocycles. The molecule has 1 saturated heterocycles. The molecular weight excluding hydrogens is 458 g/mol. The van der Waals surface area contributed by atoms with Gasteiger partial charge in [0.25, 0.3) is 0 Å². The van der Waals surface area contributed by atoms with Gasteiger partial charge in [0.2, 0.25) is 11.8 Å². The van der Waals surface area contributed by atoms with Gasteiger partial charge in [0.05, 0.1) is 17.9 Å². The van der Waals surface area contributed by atoms with Crippen LogP contribution in [0.5, 0.6) is 5.88 Å². The maximum atomic E-state index is 12.6. The Balaban J connectivity index is 1.23. The largest absolute Gasteiger partial charge is 0.463 e. The maximum Gasteiger partial charge on any atom is 0.246 e. The van der Waals surface area contributed by atoms with E-state index in [4.69, 9.17) is 15.5 Å². The van der Waals surface area contributed by atoms with E-state index in [9.17, 15) is 15.0 Å². The predicted molar refractivity (Wildman–Crippen MR) is 136 cm³/mol. The third-order valence-electron chi connectivity index (χ3n) is 7.71. The standard InChI is InChI=1S/C27H35N5O4/c1-15-29-25(28)23-26(30-15)36-27(2,3)24(31-23)19-10-8-18(9-11-19)17-6-4-16(5-7-17)12-22(35)32-13-20(33)21(34)14-32/h8-11,16-17,20-21,33-34H,4-7,12-14H2,1-3H3,(H2,28,29,30)/t16-,17-,20?,21?. The van der Waals surface area contributed by atoms with Crippen LogP contribution in [0.2, 0.25) is 0 Å². The molecule has 192 valence electrons. The zero-order valence-electron chi connectivity index (χ0n) is 21.1. The Labute approximate surface area is 211 Å². The van der Waals surface area contributed by atoms with Gasteiger partial charge in [0.15, 0.2) is 11.5 Å². The van der Waals surface area contributed by atoms with Crippen LogP contribution in [0.15, 0.2) is 29.3 Å². The highest BCUT2D eigenvalue weighted by Crippen LogP contribution is 2.41. The minimum Gasteiger partial charge on any atom is -0.463 e. The number of carbonyl (C=O) groups is 1. The summed E-state index contributed by atoms with van der Waals surface area (Å²) in [6, 6.07) is 8.52. The summed E-state index contributed by atoms with van der Waals surface area (Å²) < 4.78 is 6.17. The Hall–Kier alpha value is -3.04. The summed E-state index contributed by atoms with van der Waals surface area (Å²) in [5.41, 5.74) is 8.98. The summed E-state index contributed by atoms with van der Waals surface area (Å²) in [5.74, 6) is 2.14. The Bertz CT molecular complexity index is 1160. The molecule has 0 spiro atoms. The zero-order chi connectivity index (χ0) is 25.6. The summed E-state index contributed by atoms with van der Waals surface area (Å²) in [7, 11) is 0. The van der Waals surface area contributed by atoms with Crippen molar-refractivity contribution in [2.75, 3.05) is 18.8 Å². The number of likely N-dealkylation sites (tertiary alicyclic amines) is 1. The summed E-state index contributed by atoms with van der Waals surface area (Å²) in [4.78, 5) is 27.6. The summed E-state index contributed by atoms with van der Waals surface area (Å²) >= 11 is 0. The number of nitrogens with two attached hydrogens (primary N) is 1. The SMILES string of the molecule is Cc1nc(N)c2c(n1)OC(C)(C)C(c1ccc([C@H]3CC[C@H](CC(=O)N4CC(O)C(O)C4)CC3)cc1)=N2. The Kier molecular flexibility index (Phi) is 6.46. The second kappa shape index (κ2) is 9.44. The highest BCUT2D eigenvalue weighted by atomic mass is 16.5. The average Bonchev–Trinajstić information content (AvgIpc) is 3.17. The number of rotatable bonds is 4. The maximum absolute atomic E-state index is 12.6. The van der Waals surface area contributed by atoms with E-state index in [1.165, 1.54) is 5.56 Å². The van der Waals surface area contributed by atoms with Crippen LogP contribution in [0.1, 0.15) is 68.8 Å². The number of benzene rings is 1. The molecule has 9 nitrogen and oxygen atoms in total. The molecule has 3 heterocycles. The van der Waals surface area contributed by atoms with E-state index >= 15 is 0 Å². The van der Waals surface area contributed by atoms with Crippen molar-refractivity contribution < 1.29 is 19.7 Å². The summed E-state index contributed by atoms with van der Waals surface area (Å²) in [6.45, 7) is 6.20. The van der Waals surface area contributed by atoms with Crippen molar-refractivity contribution in [1.82, 2.24) is 14.9 Å².